The number of unbranched alkanes of at least 4 members (excludes halogenated alkanes) is 1. The van der Waals surface area contributed by atoms with E-state index in [1.165, 1.54) is 0 Å². The summed E-state index contributed by atoms with van der Waals surface area (Å²) < 4.78 is 0. The zero-order valence-corrected chi connectivity index (χ0v) is 8.42. The highest BCUT2D eigenvalue weighted by molar-refractivity contribution is 4.98. The molecule has 13 heavy (non-hydrogen) atoms. The Morgan fingerprint density at radius 2 is 1.85 bits per heavy atom. The highest BCUT2D eigenvalue weighted by Crippen LogP contribution is 2.03. The molecule has 0 saturated heterocycles. The van der Waals surface area contributed by atoms with Gasteiger partial charge in [-0.2, -0.15) is 0 Å². The minimum Gasteiger partial charge on any atom is -0.396 e. The number of rotatable bonds is 6. The first-order valence-electron chi connectivity index (χ1n) is 5.06. The maximum absolute atomic E-state index is 9.34. The van der Waals surface area contributed by atoms with Gasteiger partial charge in [0.15, 0.2) is 0 Å². The largest absolute Gasteiger partial charge is 0.396 e. The molecule has 76 valence electrons. The monoisotopic (exact) mass is 184 g/mol. The van der Waals surface area contributed by atoms with E-state index < -0.39 is 0 Å². The van der Waals surface area contributed by atoms with E-state index in [9.17, 15) is 5.11 Å². The molecule has 0 saturated carbocycles. The summed E-state index contributed by atoms with van der Waals surface area (Å²) in [5.74, 6) is 5.95. The maximum atomic E-state index is 9.34. The summed E-state index contributed by atoms with van der Waals surface area (Å²) in [6.45, 7) is 2.28. The quantitative estimate of drug-likeness (QED) is 0.487. The number of aliphatic hydroxyl groups is 2. The highest BCUT2D eigenvalue weighted by atomic mass is 16.3. The van der Waals surface area contributed by atoms with Crippen LogP contribution in [0.1, 0.15) is 45.4 Å². The Labute approximate surface area is 81.0 Å². The third-order valence-electron chi connectivity index (χ3n) is 1.81. The van der Waals surface area contributed by atoms with Crippen LogP contribution in [0.5, 0.6) is 0 Å². The van der Waals surface area contributed by atoms with Gasteiger partial charge in [0.1, 0.15) is 0 Å². The molecule has 0 unspecified atom stereocenters. The number of hydrogen-bond donors (Lipinski definition) is 2. The van der Waals surface area contributed by atoms with Crippen LogP contribution in [0, 0.1) is 11.8 Å². The Morgan fingerprint density at radius 3 is 2.46 bits per heavy atom. The first-order chi connectivity index (χ1) is 6.31. The highest BCUT2D eigenvalue weighted by Gasteiger charge is 1.99. The van der Waals surface area contributed by atoms with Gasteiger partial charge in [-0.05, 0) is 19.3 Å². The Bertz CT molecular complexity index is 155. The van der Waals surface area contributed by atoms with E-state index >= 15 is 0 Å². The SMILES string of the molecule is CCC[C@H](O)CCC#CCCCO. The van der Waals surface area contributed by atoms with Crippen molar-refractivity contribution in [3.05, 3.63) is 0 Å². The molecule has 0 heterocycles. The van der Waals surface area contributed by atoms with E-state index in [4.69, 9.17) is 5.11 Å². The summed E-state index contributed by atoms with van der Waals surface area (Å²) in [6.07, 6.45) is 4.78. The van der Waals surface area contributed by atoms with Gasteiger partial charge < -0.3 is 10.2 Å². The molecule has 2 nitrogen and oxygen atoms in total. The third-order valence-corrected chi connectivity index (χ3v) is 1.81. The molecule has 2 N–H and O–H groups in total. The second-order valence-corrected chi connectivity index (χ2v) is 3.16. The molecular weight excluding hydrogens is 164 g/mol. The zero-order chi connectivity index (χ0) is 9.94. The minimum atomic E-state index is -0.183. The molecule has 0 spiro atoms. The van der Waals surface area contributed by atoms with E-state index in [-0.39, 0.29) is 12.7 Å². The van der Waals surface area contributed by atoms with Crippen LogP contribution in [-0.4, -0.2) is 22.9 Å². The van der Waals surface area contributed by atoms with Crippen molar-refractivity contribution in [2.24, 2.45) is 0 Å². The Hall–Kier alpha value is -0.520. The lowest BCUT2D eigenvalue weighted by molar-refractivity contribution is 0.155. The summed E-state index contributed by atoms with van der Waals surface area (Å²) in [5.41, 5.74) is 0. The fraction of sp³-hybridized carbons (Fsp3) is 0.818. The molecule has 0 amide bonds. The van der Waals surface area contributed by atoms with Crippen LogP contribution in [0.2, 0.25) is 0 Å². The van der Waals surface area contributed by atoms with Crippen LogP contribution in [0.3, 0.4) is 0 Å². The standard InChI is InChI=1S/C11H20O2/c1-2-8-11(13)9-6-4-3-5-7-10-12/h11-13H,2,5-10H2,1H3/t11-/m0/s1. The topological polar surface area (TPSA) is 40.5 Å². The Morgan fingerprint density at radius 1 is 1.15 bits per heavy atom. The molecule has 0 aromatic rings. The zero-order valence-electron chi connectivity index (χ0n) is 8.42. The Kier molecular flexibility index (Phi) is 9.18. The van der Waals surface area contributed by atoms with Crippen molar-refractivity contribution in [1.82, 2.24) is 0 Å². The predicted octanol–water partition coefficient (Wildman–Crippen LogP) is 1.70. The Balaban J connectivity index is 3.25. The van der Waals surface area contributed by atoms with Crippen LogP contribution in [0.25, 0.3) is 0 Å². The fourth-order valence-electron chi connectivity index (χ4n) is 1.06. The normalized spacial score (nSPS) is 11.9. The number of hydrogen-bond acceptors (Lipinski definition) is 2. The lowest BCUT2D eigenvalue weighted by atomic mass is 10.1. The van der Waals surface area contributed by atoms with Gasteiger partial charge >= 0.3 is 0 Å². The van der Waals surface area contributed by atoms with Gasteiger partial charge in [-0.3, -0.25) is 0 Å². The van der Waals surface area contributed by atoms with Gasteiger partial charge in [-0.15, -0.1) is 11.8 Å². The van der Waals surface area contributed by atoms with Crippen LogP contribution >= 0.6 is 0 Å². The maximum Gasteiger partial charge on any atom is 0.0549 e. The molecule has 0 aliphatic rings. The summed E-state index contributed by atoms with van der Waals surface area (Å²) in [4.78, 5) is 0. The molecule has 0 aliphatic carbocycles. The van der Waals surface area contributed by atoms with Crippen LogP contribution in [0.15, 0.2) is 0 Å². The molecule has 0 rings (SSSR count). The lowest BCUT2D eigenvalue weighted by Crippen LogP contribution is -2.04. The second kappa shape index (κ2) is 9.57. The molecule has 0 radical (unpaired) electrons. The lowest BCUT2D eigenvalue weighted by Gasteiger charge is -2.04. The summed E-state index contributed by atoms with van der Waals surface area (Å²) in [7, 11) is 0. The summed E-state index contributed by atoms with van der Waals surface area (Å²) >= 11 is 0. The van der Waals surface area contributed by atoms with E-state index in [1.807, 2.05) is 0 Å². The van der Waals surface area contributed by atoms with Crippen molar-refractivity contribution in [2.45, 2.75) is 51.6 Å². The van der Waals surface area contributed by atoms with Gasteiger partial charge in [0.05, 0.1) is 6.10 Å². The van der Waals surface area contributed by atoms with Gasteiger partial charge in [0.2, 0.25) is 0 Å². The van der Waals surface area contributed by atoms with E-state index in [2.05, 4.69) is 18.8 Å². The van der Waals surface area contributed by atoms with Crippen LogP contribution < -0.4 is 0 Å². The summed E-state index contributed by atoms with van der Waals surface area (Å²) in [5, 5.41) is 17.8. The molecule has 0 aromatic carbocycles. The molecule has 1 atom stereocenters. The first-order valence-corrected chi connectivity index (χ1v) is 5.06. The third kappa shape index (κ3) is 9.39. The van der Waals surface area contributed by atoms with Crippen molar-refractivity contribution < 1.29 is 10.2 Å². The van der Waals surface area contributed by atoms with E-state index in [0.29, 0.717) is 0 Å². The van der Waals surface area contributed by atoms with Crippen molar-refractivity contribution >= 4 is 0 Å². The molecule has 0 aliphatic heterocycles. The van der Waals surface area contributed by atoms with E-state index in [1.54, 1.807) is 0 Å². The van der Waals surface area contributed by atoms with Crippen molar-refractivity contribution in [3.8, 4) is 11.8 Å². The molecule has 2 heteroatoms. The van der Waals surface area contributed by atoms with E-state index in [0.717, 1.165) is 38.5 Å². The fourth-order valence-corrected chi connectivity index (χ4v) is 1.06. The average molecular weight is 184 g/mol. The molecular formula is C11H20O2. The van der Waals surface area contributed by atoms with Gasteiger partial charge in [-0.25, -0.2) is 0 Å². The van der Waals surface area contributed by atoms with Gasteiger partial charge in [-0.1, -0.05) is 13.3 Å². The second-order valence-electron chi connectivity index (χ2n) is 3.16. The van der Waals surface area contributed by atoms with Gasteiger partial charge in [0.25, 0.3) is 0 Å². The van der Waals surface area contributed by atoms with Crippen LogP contribution in [0.4, 0.5) is 0 Å². The smallest absolute Gasteiger partial charge is 0.0549 e. The average Bonchev–Trinajstić information content (AvgIpc) is 2.11. The number of aliphatic hydroxyl groups excluding tert-OH is 2. The van der Waals surface area contributed by atoms with Crippen molar-refractivity contribution in [1.29, 1.82) is 0 Å². The van der Waals surface area contributed by atoms with Crippen molar-refractivity contribution in [3.63, 3.8) is 0 Å². The first kappa shape index (κ1) is 12.5. The molecule has 0 bridgehead atoms. The summed E-state index contributed by atoms with van der Waals surface area (Å²) in [6, 6.07) is 0. The van der Waals surface area contributed by atoms with Crippen molar-refractivity contribution in [2.75, 3.05) is 6.61 Å². The minimum absolute atomic E-state index is 0.183. The predicted molar refractivity (Wildman–Crippen MR) is 54.2 cm³/mol. The van der Waals surface area contributed by atoms with Gasteiger partial charge in [0, 0.05) is 19.4 Å². The molecule has 0 fully saturated rings. The van der Waals surface area contributed by atoms with Crippen LogP contribution in [-0.2, 0) is 0 Å². The molecule has 0 aromatic heterocycles.